The van der Waals surface area contributed by atoms with Crippen molar-refractivity contribution in [2.24, 2.45) is 7.05 Å². The first kappa shape index (κ1) is 19.6. The van der Waals surface area contributed by atoms with Crippen molar-refractivity contribution in [2.75, 3.05) is 37.5 Å². The van der Waals surface area contributed by atoms with Gasteiger partial charge in [-0.1, -0.05) is 0 Å². The molecular weight excluding hydrogens is 361 g/mol. The number of nitrogens with one attached hydrogen (secondary N) is 1. The summed E-state index contributed by atoms with van der Waals surface area (Å²) in [5, 5.41) is 20.7. The minimum absolute atomic E-state index is 0.0475. The molecule has 3 rings (SSSR count). The number of anilines is 3. The lowest BCUT2D eigenvalue weighted by molar-refractivity contribution is 0.311. The minimum atomic E-state index is -0.240. The van der Waals surface area contributed by atoms with Gasteiger partial charge in [-0.25, -0.2) is 4.39 Å². The summed E-state index contributed by atoms with van der Waals surface area (Å²) in [5.74, 6) is 1.66. The van der Waals surface area contributed by atoms with Gasteiger partial charge in [0, 0.05) is 38.1 Å². The first-order chi connectivity index (χ1) is 13.5. The van der Waals surface area contributed by atoms with Gasteiger partial charge in [-0.05, 0) is 42.8 Å². The van der Waals surface area contributed by atoms with Gasteiger partial charge in [0.25, 0.3) is 0 Å². The summed E-state index contributed by atoms with van der Waals surface area (Å²) >= 11 is 0. The molecule has 0 amide bonds. The highest BCUT2D eigenvalue weighted by atomic mass is 19.1. The number of rotatable bonds is 7. The zero-order chi connectivity index (χ0) is 20.3. The van der Waals surface area contributed by atoms with E-state index in [9.17, 15) is 4.39 Å². The molecule has 0 aliphatic rings. The molecule has 28 heavy (non-hydrogen) atoms. The molecule has 2 aromatic carbocycles. The Labute approximate surface area is 163 Å². The van der Waals surface area contributed by atoms with E-state index in [2.05, 4.69) is 15.5 Å². The van der Waals surface area contributed by atoms with Crippen LogP contribution in [0.15, 0.2) is 36.4 Å². The van der Waals surface area contributed by atoms with Crippen molar-refractivity contribution in [1.82, 2.24) is 14.8 Å². The van der Waals surface area contributed by atoms with Gasteiger partial charge in [0.1, 0.15) is 11.6 Å². The summed E-state index contributed by atoms with van der Waals surface area (Å²) in [4.78, 5) is 1.85. The van der Waals surface area contributed by atoms with Gasteiger partial charge >= 0.3 is 0 Å². The van der Waals surface area contributed by atoms with Crippen LogP contribution in [0, 0.1) is 12.7 Å². The van der Waals surface area contributed by atoms with E-state index >= 15 is 0 Å². The first-order valence-electron chi connectivity index (χ1n) is 8.88. The van der Waals surface area contributed by atoms with Crippen LogP contribution in [0.4, 0.5) is 21.7 Å². The number of hydrogen-bond acceptors (Lipinski definition) is 6. The molecule has 1 heterocycles. The topological polar surface area (TPSA) is 75.4 Å². The standard InChI is InChI=1S/C20H24FN5O2/c1-13-11-15(6-8-17(13)21)25(2)20-24-23-19(26(20)3)16-7-5-14(22-9-10-27)12-18(16)28-4/h5-8,11-12,22,27H,9-10H2,1-4H3. The van der Waals surface area contributed by atoms with Gasteiger partial charge in [-0.2, -0.15) is 0 Å². The van der Waals surface area contributed by atoms with E-state index in [-0.39, 0.29) is 12.4 Å². The Morgan fingerprint density at radius 3 is 2.68 bits per heavy atom. The van der Waals surface area contributed by atoms with Crippen molar-refractivity contribution in [3.63, 3.8) is 0 Å². The lowest BCUT2D eigenvalue weighted by atomic mass is 10.1. The molecule has 3 aromatic rings. The van der Waals surface area contributed by atoms with Crippen LogP contribution in [-0.2, 0) is 7.05 Å². The van der Waals surface area contributed by atoms with Gasteiger partial charge in [0.05, 0.1) is 19.3 Å². The quantitative estimate of drug-likeness (QED) is 0.651. The average Bonchev–Trinajstić information content (AvgIpc) is 3.08. The second kappa shape index (κ2) is 8.26. The highest BCUT2D eigenvalue weighted by Crippen LogP contribution is 2.33. The third kappa shape index (κ3) is 3.77. The molecule has 0 bridgehead atoms. The number of ether oxygens (including phenoxy) is 1. The summed E-state index contributed by atoms with van der Waals surface area (Å²) in [6, 6.07) is 10.6. The average molecular weight is 385 g/mol. The third-order valence-corrected chi connectivity index (χ3v) is 4.56. The molecule has 0 fully saturated rings. The molecular formula is C20H24FN5O2. The fraction of sp³-hybridized carbons (Fsp3) is 0.300. The summed E-state index contributed by atoms with van der Waals surface area (Å²) in [6.07, 6.45) is 0. The second-order valence-corrected chi connectivity index (χ2v) is 6.44. The fourth-order valence-electron chi connectivity index (χ4n) is 2.99. The van der Waals surface area contributed by atoms with Gasteiger partial charge in [0.15, 0.2) is 5.82 Å². The highest BCUT2D eigenvalue weighted by molar-refractivity contribution is 5.70. The molecule has 1 aromatic heterocycles. The van der Waals surface area contributed by atoms with Crippen LogP contribution in [0.2, 0.25) is 0 Å². The molecule has 7 nitrogen and oxygen atoms in total. The molecule has 0 saturated carbocycles. The van der Waals surface area contributed by atoms with Crippen LogP contribution in [0.25, 0.3) is 11.4 Å². The number of aliphatic hydroxyl groups is 1. The predicted molar refractivity (Wildman–Crippen MR) is 108 cm³/mol. The van der Waals surface area contributed by atoms with Crippen LogP contribution in [0.5, 0.6) is 5.75 Å². The molecule has 148 valence electrons. The number of aryl methyl sites for hydroxylation is 1. The molecule has 0 aliphatic heterocycles. The monoisotopic (exact) mass is 385 g/mol. The largest absolute Gasteiger partial charge is 0.496 e. The Balaban J connectivity index is 1.95. The summed E-state index contributed by atoms with van der Waals surface area (Å²) in [6.45, 7) is 2.23. The van der Waals surface area contributed by atoms with Gasteiger partial charge < -0.3 is 20.1 Å². The highest BCUT2D eigenvalue weighted by Gasteiger charge is 2.19. The van der Waals surface area contributed by atoms with Crippen molar-refractivity contribution in [3.05, 3.63) is 47.8 Å². The SMILES string of the molecule is COc1cc(NCCO)ccc1-c1nnc(N(C)c2ccc(F)c(C)c2)n1C. The smallest absolute Gasteiger partial charge is 0.231 e. The van der Waals surface area contributed by atoms with Crippen molar-refractivity contribution in [2.45, 2.75) is 6.92 Å². The molecule has 0 spiro atoms. The van der Waals surface area contributed by atoms with E-state index in [4.69, 9.17) is 9.84 Å². The molecule has 2 N–H and O–H groups in total. The molecule has 0 atom stereocenters. The van der Waals surface area contributed by atoms with Crippen LogP contribution < -0.4 is 15.0 Å². The Morgan fingerprint density at radius 1 is 1.21 bits per heavy atom. The van der Waals surface area contributed by atoms with Crippen molar-refractivity contribution in [1.29, 1.82) is 0 Å². The summed E-state index contributed by atoms with van der Waals surface area (Å²) in [7, 11) is 5.33. The van der Waals surface area contributed by atoms with Crippen molar-refractivity contribution in [3.8, 4) is 17.1 Å². The van der Waals surface area contributed by atoms with Crippen molar-refractivity contribution >= 4 is 17.3 Å². The van der Waals surface area contributed by atoms with E-state index in [0.29, 0.717) is 29.6 Å². The van der Waals surface area contributed by atoms with E-state index in [0.717, 1.165) is 16.9 Å². The second-order valence-electron chi connectivity index (χ2n) is 6.44. The van der Waals surface area contributed by atoms with Gasteiger partial charge in [-0.3, -0.25) is 4.57 Å². The fourth-order valence-corrected chi connectivity index (χ4v) is 2.99. The normalized spacial score (nSPS) is 10.8. The maximum absolute atomic E-state index is 13.6. The maximum atomic E-state index is 13.6. The number of methoxy groups -OCH3 is 1. The van der Waals surface area contributed by atoms with Crippen LogP contribution in [0.3, 0.4) is 0 Å². The van der Waals surface area contributed by atoms with Crippen LogP contribution >= 0.6 is 0 Å². The molecule has 0 radical (unpaired) electrons. The zero-order valence-corrected chi connectivity index (χ0v) is 16.4. The molecule has 8 heteroatoms. The Morgan fingerprint density at radius 2 is 2.00 bits per heavy atom. The molecule has 0 saturated heterocycles. The number of hydrogen-bond donors (Lipinski definition) is 2. The van der Waals surface area contributed by atoms with Crippen LogP contribution in [0.1, 0.15) is 5.56 Å². The summed E-state index contributed by atoms with van der Waals surface area (Å²) < 4.78 is 21.0. The zero-order valence-electron chi connectivity index (χ0n) is 16.4. The van der Waals surface area contributed by atoms with E-state index < -0.39 is 0 Å². The van der Waals surface area contributed by atoms with Crippen molar-refractivity contribution < 1.29 is 14.2 Å². The molecule has 0 unspecified atom stereocenters. The predicted octanol–water partition coefficient (Wildman–Crippen LogP) is 3.11. The van der Waals surface area contributed by atoms with E-state index in [1.165, 1.54) is 6.07 Å². The minimum Gasteiger partial charge on any atom is -0.496 e. The Kier molecular flexibility index (Phi) is 5.79. The van der Waals surface area contributed by atoms with Crippen LogP contribution in [-0.4, -0.2) is 47.2 Å². The lowest BCUT2D eigenvalue weighted by Crippen LogP contribution is -2.15. The number of aliphatic hydroxyl groups excluding tert-OH is 1. The number of aromatic nitrogens is 3. The first-order valence-corrected chi connectivity index (χ1v) is 8.88. The van der Waals surface area contributed by atoms with E-state index in [1.54, 1.807) is 26.2 Å². The third-order valence-electron chi connectivity index (χ3n) is 4.56. The Hall–Kier alpha value is -3.13. The van der Waals surface area contributed by atoms with Gasteiger partial charge in [0.2, 0.25) is 5.95 Å². The number of benzene rings is 2. The Bertz CT molecular complexity index is 973. The lowest BCUT2D eigenvalue weighted by Gasteiger charge is -2.19. The van der Waals surface area contributed by atoms with Gasteiger partial charge in [-0.15, -0.1) is 10.2 Å². The maximum Gasteiger partial charge on any atom is 0.231 e. The van der Waals surface area contributed by atoms with E-state index in [1.807, 2.05) is 41.8 Å². The number of halogens is 1. The number of nitrogens with zero attached hydrogens (tertiary/aromatic N) is 4. The summed E-state index contributed by atoms with van der Waals surface area (Å²) in [5.41, 5.74) is 3.02. The molecule has 0 aliphatic carbocycles.